The van der Waals surface area contributed by atoms with Gasteiger partial charge in [0, 0.05) is 55.8 Å². The van der Waals surface area contributed by atoms with Crippen molar-refractivity contribution in [3.05, 3.63) is 52.9 Å². The summed E-state index contributed by atoms with van der Waals surface area (Å²) in [6.07, 6.45) is 7.92. The average Bonchev–Trinajstić information content (AvgIpc) is 3.02. The summed E-state index contributed by atoms with van der Waals surface area (Å²) in [5.74, 6) is 0.985. The molecule has 1 saturated heterocycles. The van der Waals surface area contributed by atoms with Crippen LogP contribution in [-0.2, 0) is 13.0 Å². The molecule has 6 nitrogen and oxygen atoms in total. The zero-order chi connectivity index (χ0) is 19.1. The third kappa shape index (κ3) is 3.02. The third-order valence-corrected chi connectivity index (χ3v) is 6.25. The van der Waals surface area contributed by atoms with E-state index in [0.717, 1.165) is 67.9 Å². The summed E-state index contributed by atoms with van der Waals surface area (Å²) in [5, 5.41) is 7.47. The number of rotatable bonds is 1. The van der Waals surface area contributed by atoms with Crippen LogP contribution in [0.3, 0.4) is 0 Å². The number of amides is 1. The molecule has 1 unspecified atom stereocenters. The summed E-state index contributed by atoms with van der Waals surface area (Å²) in [6, 6.07) is 8.14. The molecule has 1 fully saturated rings. The number of aromatic nitrogens is 2. The number of carbonyl (C=O) groups excluding carboxylic acids is 1. The van der Waals surface area contributed by atoms with Crippen LogP contribution in [0.4, 0.5) is 0 Å². The Morgan fingerprint density at radius 3 is 3.04 bits per heavy atom. The normalized spacial score (nSPS) is 24.4. The largest absolute Gasteiger partial charge is 0.483 e. The number of nitrogens with zero attached hydrogens (tertiary/aromatic N) is 3. The number of carbonyl (C=O) groups is 1. The smallest absolute Gasteiger partial charge is 0.274 e. The third-order valence-electron chi connectivity index (χ3n) is 6.25. The van der Waals surface area contributed by atoms with E-state index in [9.17, 15) is 4.79 Å². The Kier molecular flexibility index (Phi) is 4.23. The number of H-pyrrole nitrogens is 1. The van der Waals surface area contributed by atoms with Crippen LogP contribution in [0.15, 0.2) is 30.3 Å². The van der Waals surface area contributed by atoms with Gasteiger partial charge in [0.05, 0.1) is 0 Å². The molecule has 0 bridgehead atoms. The number of nitrogens with one attached hydrogen (secondary N) is 1. The van der Waals surface area contributed by atoms with Crippen LogP contribution >= 0.6 is 0 Å². The average molecular weight is 378 g/mol. The van der Waals surface area contributed by atoms with Crippen molar-refractivity contribution in [2.75, 3.05) is 26.7 Å². The van der Waals surface area contributed by atoms with Gasteiger partial charge in [-0.1, -0.05) is 24.3 Å². The minimum absolute atomic E-state index is 0.0463. The van der Waals surface area contributed by atoms with E-state index in [2.05, 4.69) is 40.4 Å². The number of aromatic amines is 1. The van der Waals surface area contributed by atoms with Crippen molar-refractivity contribution in [2.24, 2.45) is 0 Å². The second kappa shape index (κ2) is 6.78. The summed E-state index contributed by atoms with van der Waals surface area (Å²) in [6.45, 7) is 3.22. The van der Waals surface area contributed by atoms with E-state index in [4.69, 9.17) is 4.74 Å². The first kappa shape index (κ1) is 17.5. The lowest BCUT2D eigenvalue weighted by molar-refractivity contribution is 0.0722. The lowest BCUT2D eigenvalue weighted by atomic mass is 9.91. The summed E-state index contributed by atoms with van der Waals surface area (Å²) in [7, 11) is 2.09. The van der Waals surface area contributed by atoms with Crippen LogP contribution in [0.2, 0.25) is 0 Å². The fraction of sp³-hybridized carbons (Fsp3) is 0.455. The lowest BCUT2D eigenvalue weighted by Gasteiger charge is -2.34. The fourth-order valence-electron chi connectivity index (χ4n) is 4.56. The van der Waals surface area contributed by atoms with E-state index >= 15 is 0 Å². The Bertz CT molecular complexity index is 934. The Morgan fingerprint density at radius 1 is 1.21 bits per heavy atom. The molecule has 3 aliphatic heterocycles. The molecule has 4 heterocycles. The number of fused-ring (bicyclic) bond motifs is 2. The highest BCUT2D eigenvalue weighted by atomic mass is 16.5. The molecule has 5 rings (SSSR count). The fourth-order valence-corrected chi connectivity index (χ4v) is 4.56. The van der Waals surface area contributed by atoms with Crippen molar-refractivity contribution >= 4 is 12.0 Å². The van der Waals surface area contributed by atoms with Crippen molar-refractivity contribution in [1.82, 2.24) is 20.0 Å². The molecular formula is C22H26N4O2. The van der Waals surface area contributed by atoms with Gasteiger partial charge in [-0.3, -0.25) is 9.89 Å². The van der Waals surface area contributed by atoms with E-state index in [0.29, 0.717) is 12.2 Å². The first-order chi connectivity index (χ1) is 13.6. The molecule has 1 N–H and O–H groups in total. The van der Waals surface area contributed by atoms with Gasteiger partial charge in [0.25, 0.3) is 5.91 Å². The number of ether oxygens (including phenoxy) is 1. The van der Waals surface area contributed by atoms with Gasteiger partial charge in [-0.15, -0.1) is 0 Å². The summed E-state index contributed by atoms with van der Waals surface area (Å²) < 4.78 is 6.41. The quantitative estimate of drug-likeness (QED) is 0.829. The van der Waals surface area contributed by atoms with Crippen LogP contribution in [0.1, 0.15) is 46.6 Å². The minimum atomic E-state index is -0.311. The van der Waals surface area contributed by atoms with Gasteiger partial charge in [0.15, 0.2) is 5.69 Å². The molecule has 0 saturated carbocycles. The van der Waals surface area contributed by atoms with Crippen LogP contribution < -0.4 is 4.74 Å². The Hall–Kier alpha value is -2.60. The van der Waals surface area contributed by atoms with E-state index in [1.807, 2.05) is 23.1 Å². The standard InChI is InChI=1S/C22H26N4O2/c1-25-13-8-18-17(15-25)20(24-23-18)21(27)26-12-4-9-22(11-14-26)10-7-16-5-2-3-6-19(16)28-22/h2-3,5-7,10H,4,8-9,11-15H2,1H3,(H,23,24). The zero-order valence-electron chi connectivity index (χ0n) is 16.3. The monoisotopic (exact) mass is 378 g/mol. The first-order valence-electron chi connectivity index (χ1n) is 10.1. The van der Waals surface area contributed by atoms with E-state index in [1.165, 1.54) is 0 Å². The molecule has 0 aliphatic carbocycles. The maximum atomic E-state index is 13.2. The molecule has 1 aromatic heterocycles. The Labute approximate surface area is 165 Å². The molecule has 28 heavy (non-hydrogen) atoms. The van der Waals surface area contributed by atoms with Gasteiger partial charge in [0.1, 0.15) is 11.4 Å². The second-order valence-corrected chi connectivity index (χ2v) is 8.20. The molecule has 1 amide bonds. The van der Waals surface area contributed by atoms with Crippen LogP contribution in [0.25, 0.3) is 6.08 Å². The number of hydrogen-bond acceptors (Lipinski definition) is 4. The van der Waals surface area contributed by atoms with Crippen molar-refractivity contribution in [3.8, 4) is 5.75 Å². The van der Waals surface area contributed by atoms with Crippen molar-refractivity contribution in [3.63, 3.8) is 0 Å². The Morgan fingerprint density at radius 2 is 2.11 bits per heavy atom. The molecule has 1 spiro atoms. The van der Waals surface area contributed by atoms with Gasteiger partial charge in [-0.25, -0.2) is 0 Å². The van der Waals surface area contributed by atoms with Gasteiger partial charge >= 0.3 is 0 Å². The Balaban J connectivity index is 1.33. The molecular weight excluding hydrogens is 352 g/mol. The van der Waals surface area contributed by atoms with Crippen molar-refractivity contribution in [2.45, 2.75) is 37.8 Å². The molecule has 3 aliphatic rings. The molecule has 146 valence electrons. The van der Waals surface area contributed by atoms with Crippen molar-refractivity contribution < 1.29 is 9.53 Å². The highest BCUT2D eigenvalue weighted by molar-refractivity contribution is 5.94. The topological polar surface area (TPSA) is 61.5 Å². The van der Waals surface area contributed by atoms with Crippen LogP contribution in [0, 0.1) is 0 Å². The minimum Gasteiger partial charge on any atom is -0.483 e. The molecule has 2 aromatic rings. The predicted molar refractivity (Wildman–Crippen MR) is 107 cm³/mol. The van der Waals surface area contributed by atoms with Gasteiger partial charge < -0.3 is 14.5 Å². The molecule has 0 radical (unpaired) electrons. The van der Waals surface area contributed by atoms with Crippen LogP contribution in [0.5, 0.6) is 5.75 Å². The van der Waals surface area contributed by atoms with E-state index in [-0.39, 0.29) is 11.5 Å². The van der Waals surface area contributed by atoms with Crippen molar-refractivity contribution in [1.29, 1.82) is 0 Å². The summed E-state index contributed by atoms with van der Waals surface area (Å²) >= 11 is 0. The van der Waals surface area contributed by atoms with Gasteiger partial charge in [-0.2, -0.15) is 5.10 Å². The highest BCUT2D eigenvalue weighted by Gasteiger charge is 2.37. The number of likely N-dealkylation sites (N-methyl/N-ethyl adjacent to an activating group) is 1. The maximum Gasteiger partial charge on any atom is 0.274 e. The number of para-hydroxylation sites is 1. The number of benzene rings is 1. The lowest BCUT2D eigenvalue weighted by Crippen LogP contribution is -2.38. The summed E-state index contributed by atoms with van der Waals surface area (Å²) in [4.78, 5) is 17.4. The van der Waals surface area contributed by atoms with Gasteiger partial charge in [0.2, 0.25) is 0 Å². The van der Waals surface area contributed by atoms with E-state index < -0.39 is 0 Å². The number of hydrogen-bond donors (Lipinski definition) is 1. The second-order valence-electron chi connectivity index (χ2n) is 8.20. The maximum absolute atomic E-state index is 13.2. The zero-order valence-corrected chi connectivity index (χ0v) is 16.3. The molecule has 1 aromatic carbocycles. The SMILES string of the molecule is CN1CCc2[nH]nc(C(=O)N3CCCC4(C=Cc5ccccc5O4)CC3)c2C1. The van der Waals surface area contributed by atoms with E-state index in [1.54, 1.807) is 0 Å². The summed E-state index contributed by atoms with van der Waals surface area (Å²) in [5.41, 5.74) is 3.60. The molecule has 6 heteroatoms. The first-order valence-corrected chi connectivity index (χ1v) is 10.1. The van der Waals surface area contributed by atoms with Crippen LogP contribution in [-0.4, -0.2) is 58.2 Å². The molecule has 1 atom stereocenters. The predicted octanol–water partition coefficient (Wildman–Crippen LogP) is 2.87. The van der Waals surface area contributed by atoms with Gasteiger partial charge in [-0.05, 0) is 32.0 Å². The highest BCUT2D eigenvalue weighted by Crippen LogP contribution is 2.37. The number of likely N-dealkylation sites (tertiary alicyclic amines) is 1.